The Balaban J connectivity index is 2.27. The summed E-state index contributed by atoms with van der Waals surface area (Å²) in [7, 11) is 1.71. The van der Waals surface area contributed by atoms with Crippen molar-refractivity contribution in [1.29, 1.82) is 0 Å². The van der Waals surface area contributed by atoms with Crippen LogP contribution < -0.4 is 10.1 Å². The van der Waals surface area contributed by atoms with Gasteiger partial charge in [0.1, 0.15) is 11.7 Å². The molecular weight excluding hydrogens is 174 g/mol. The summed E-state index contributed by atoms with van der Waals surface area (Å²) in [5.41, 5.74) is 2.61. The molecule has 1 aromatic carbocycles. The Morgan fingerprint density at radius 2 is 2.29 bits per heavy atom. The van der Waals surface area contributed by atoms with Crippen molar-refractivity contribution in [3.05, 3.63) is 29.7 Å². The zero-order valence-electron chi connectivity index (χ0n) is 8.76. The van der Waals surface area contributed by atoms with Crippen LogP contribution in [-0.2, 0) is 6.42 Å². The monoisotopic (exact) mass is 190 g/mol. The van der Waals surface area contributed by atoms with Crippen LogP contribution >= 0.6 is 0 Å². The summed E-state index contributed by atoms with van der Waals surface area (Å²) in [6.45, 7) is 3.20. The second kappa shape index (κ2) is 3.82. The molecular formula is C12H16NO+. The van der Waals surface area contributed by atoms with Crippen LogP contribution in [0.1, 0.15) is 18.9 Å². The van der Waals surface area contributed by atoms with Crippen molar-refractivity contribution in [3.8, 4) is 5.75 Å². The third-order valence-corrected chi connectivity index (χ3v) is 2.71. The van der Waals surface area contributed by atoms with E-state index in [2.05, 4.69) is 24.4 Å². The topological polar surface area (TPSA) is 21.3 Å². The number of methoxy groups -OCH3 is 1. The Labute approximate surface area is 85.3 Å². The van der Waals surface area contributed by atoms with Crippen LogP contribution in [0.5, 0.6) is 5.75 Å². The summed E-state index contributed by atoms with van der Waals surface area (Å²) in [5, 5.41) is 3.43. The molecule has 14 heavy (non-hydrogen) atoms. The lowest BCUT2D eigenvalue weighted by Crippen LogP contribution is -2.06. The maximum atomic E-state index is 5.21. The van der Waals surface area contributed by atoms with E-state index in [9.17, 15) is 0 Å². The first kappa shape index (κ1) is 9.25. The lowest BCUT2D eigenvalue weighted by atomic mass is 10.0. The van der Waals surface area contributed by atoms with E-state index in [0.29, 0.717) is 0 Å². The van der Waals surface area contributed by atoms with Gasteiger partial charge < -0.3 is 10.1 Å². The minimum atomic E-state index is 0.949. The number of rotatable bonds is 1. The summed E-state index contributed by atoms with van der Waals surface area (Å²) in [4.78, 5) is 0. The average Bonchev–Trinajstić information content (AvgIpc) is 2.40. The molecule has 2 rings (SSSR count). The van der Waals surface area contributed by atoms with E-state index in [1.165, 1.54) is 23.6 Å². The summed E-state index contributed by atoms with van der Waals surface area (Å²) in [5.74, 6) is 2.46. The quantitative estimate of drug-likeness (QED) is 0.687. The molecule has 2 nitrogen and oxygen atoms in total. The highest BCUT2D eigenvalue weighted by Crippen LogP contribution is 2.27. The van der Waals surface area contributed by atoms with Gasteiger partial charge in [0.15, 0.2) is 6.54 Å². The fourth-order valence-electron chi connectivity index (χ4n) is 1.76. The predicted octanol–water partition coefficient (Wildman–Crippen LogP) is 2.65. The molecule has 0 spiro atoms. The van der Waals surface area contributed by atoms with Gasteiger partial charge in [-0.2, -0.15) is 0 Å². The molecule has 0 saturated carbocycles. The summed E-state index contributed by atoms with van der Waals surface area (Å²) < 4.78 is 5.21. The highest BCUT2D eigenvalue weighted by atomic mass is 16.5. The van der Waals surface area contributed by atoms with Crippen molar-refractivity contribution in [1.82, 2.24) is 0 Å². The van der Waals surface area contributed by atoms with Gasteiger partial charge in [-0.3, -0.25) is 0 Å². The SMILES string of the molecule is COc1ccc2c(c1)CC[C+](C)CN2. The Hall–Kier alpha value is -1.31. The van der Waals surface area contributed by atoms with Crippen LogP contribution in [0.25, 0.3) is 0 Å². The third kappa shape index (κ3) is 1.79. The van der Waals surface area contributed by atoms with Gasteiger partial charge in [0, 0.05) is 12.1 Å². The molecule has 0 bridgehead atoms. The summed E-state index contributed by atoms with van der Waals surface area (Å²) >= 11 is 0. The van der Waals surface area contributed by atoms with Gasteiger partial charge in [0.05, 0.1) is 20.5 Å². The predicted molar refractivity (Wildman–Crippen MR) is 58.7 cm³/mol. The second-order valence-corrected chi connectivity index (χ2v) is 3.83. The third-order valence-electron chi connectivity index (χ3n) is 2.71. The van der Waals surface area contributed by atoms with Crippen molar-refractivity contribution in [2.45, 2.75) is 19.8 Å². The molecule has 0 radical (unpaired) electrons. The molecule has 0 unspecified atom stereocenters. The molecule has 1 aliphatic rings. The minimum Gasteiger partial charge on any atom is -0.497 e. The number of anilines is 1. The van der Waals surface area contributed by atoms with Gasteiger partial charge in [-0.25, -0.2) is 0 Å². The van der Waals surface area contributed by atoms with Crippen LogP contribution in [0.15, 0.2) is 18.2 Å². The number of benzene rings is 1. The van der Waals surface area contributed by atoms with E-state index < -0.39 is 0 Å². The maximum Gasteiger partial charge on any atom is 0.159 e. The smallest absolute Gasteiger partial charge is 0.159 e. The first-order valence-electron chi connectivity index (χ1n) is 5.01. The van der Waals surface area contributed by atoms with Crippen LogP contribution in [0.2, 0.25) is 0 Å². The van der Waals surface area contributed by atoms with Gasteiger partial charge >= 0.3 is 0 Å². The second-order valence-electron chi connectivity index (χ2n) is 3.83. The lowest BCUT2D eigenvalue weighted by Gasteiger charge is -2.07. The number of aryl methyl sites for hydroxylation is 1. The van der Waals surface area contributed by atoms with Gasteiger partial charge in [-0.15, -0.1) is 0 Å². The van der Waals surface area contributed by atoms with E-state index in [-0.39, 0.29) is 0 Å². The number of hydrogen-bond donors (Lipinski definition) is 1. The molecule has 0 atom stereocenters. The van der Waals surface area contributed by atoms with Gasteiger partial charge in [0.2, 0.25) is 0 Å². The molecule has 1 N–H and O–H groups in total. The Bertz CT molecular complexity index is 322. The van der Waals surface area contributed by atoms with E-state index in [1.54, 1.807) is 7.11 Å². The van der Waals surface area contributed by atoms with E-state index >= 15 is 0 Å². The Morgan fingerprint density at radius 3 is 3.07 bits per heavy atom. The van der Waals surface area contributed by atoms with E-state index in [4.69, 9.17) is 4.74 Å². The van der Waals surface area contributed by atoms with Crippen molar-refractivity contribution in [2.75, 3.05) is 19.0 Å². The zero-order valence-corrected chi connectivity index (χ0v) is 8.76. The zero-order chi connectivity index (χ0) is 9.97. The minimum absolute atomic E-state index is 0.949. The van der Waals surface area contributed by atoms with Crippen LogP contribution in [0.3, 0.4) is 0 Å². The first-order chi connectivity index (χ1) is 6.79. The summed E-state index contributed by atoms with van der Waals surface area (Å²) in [6, 6.07) is 6.24. The van der Waals surface area contributed by atoms with Gasteiger partial charge in [-0.1, -0.05) is 0 Å². The number of hydrogen-bond acceptors (Lipinski definition) is 2. The fourth-order valence-corrected chi connectivity index (χ4v) is 1.76. The van der Waals surface area contributed by atoms with E-state index in [1.807, 2.05) is 6.07 Å². The van der Waals surface area contributed by atoms with Crippen LogP contribution in [-0.4, -0.2) is 13.7 Å². The van der Waals surface area contributed by atoms with Crippen molar-refractivity contribution < 1.29 is 4.74 Å². The molecule has 0 aromatic heterocycles. The van der Waals surface area contributed by atoms with Crippen LogP contribution in [0.4, 0.5) is 5.69 Å². The molecule has 0 aliphatic carbocycles. The molecule has 1 heterocycles. The molecule has 74 valence electrons. The van der Waals surface area contributed by atoms with Gasteiger partial charge in [0.25, 0.3) is 0 Å². The maximum absolute atomic E-state index is 5.21. The Morgan fingerprint density at radius 1 is 1.43 bits per heavy atom. The normalized spacial score (nSPS) is 15.4. The summed E-state index contributed by atoms with van der Waals surface area (Å²) in [6.07, 6.45) is 2.29. The van der Waals surface area contributed by atoms with Crippen molar-refractivity contribution >= 4 is 5.69 Å². The molecule has 0 fully saturated rings. The standard InChI is InChI=1S/C12H16NO/c1-9-3-4-10-7-11(14-2)5-6-12(10)13-8-9/h5-7,13H,3-4,8H2,1-2H3/q+1. The molecule has 1 aromatic rings. The first-order valence-corrected chi connectivity index (χ1v) is 5.01. The molecule has 2 heteroatoms. The molecule has 1 aliphatic heterocycles. The number of ether oxygens (including phenoxy) is 1. The molecule has 0 saturated heterocycles. The Kier molecular flexibility index (Phi) is 2.53. The van der Waals surface area contributed by atoms with Crippen molar-refractivity contribution in [3.63, 3.8) is 0 Å². The van der Waals surface area contributed by atoms with Crippen LogP contribution in [0, 0.1) is 5.92 Å². The lowest BCUT2D eigenvalue weighted by molar-refractivity contribution is 0.414. The largest absolute Gasteiger partial charge is 0.497 e. The number of nitrogens with one attached hydrogen (secondary N) is 1. The van der Waals surface area contributed by atoms with E-state index in [0.717, 1.165) is 18.7 Å². The van der Waals surface area contributed by atoms with Gasteiger partial charge in [-0.05, 0) is 23.8 Å². The fraction of sp³-hybridized carbons (Fsp3) is 0.417. The number of fused-ring (bicyclic) bond motifs is 1. The highest BCUT2D eigenvalue weighted by Gasteiger charge is 2.19. The van der Waals surface area contributed by atoms with Crippen molar-refractivity contribution in [2.24, 2.45) is 0 Å². The molecule has 0 amide bonds. The average molecular weight is 190 g/mol. The highest BCUT2D eigenvalue weighted by molar-refractivity contribution is 5.55.